The Labute approximate surface area is 104 Å². The van der Waals surface area contributed by atoms with E-state index in [4.69, 9.17) is 4.74 Å². The SMILES string of the molecule is CCCCOC(=O)c1ccc([N+](=O)[O-])c(C=O)c1. The third-order valence-corrected chi connectivity index (χ3v) is 2.32. The Morgan fingerprint density at radius 3 is 2.78 bits per heavy atom. The fourth-order valence-electron chi connectivity index (χ4n) is 1.33. The number of hydrogen-bond acceptors (Lipinski definition) is 5. The van der Waals surface area contributed by atoms with Gasteiger partial charge in [0.05, 0.1) is 22.7 Å². The second-order valence-corrected chi connectivity index (χ2v) is 3.64. The highest BCUT2D eigenvalue weighted by molar-refractivity contribution is 5.93. The number of nitro groups is 1. The van der Waals surface area contributed by atoms with Crippen LogP contribution in [0.5, 0.6) is 0 Å². The summed E-state index contributed by atoms with van der Waals surface area (Å²) in [5.41, 5.74) is -0.321. The van der Waals surface area contributed by atoms with E-state index in [1.54, 1.807) is 0 Å². The van der Waals surface area contributed by atoms with E-state index in [0.29, 0.717) is 12.9 Å². The molecule has 0 atom stereocenters. The fourth-order valence-corrected chi connectivity index (χ4v) is 1.33. The number of nitrogens with zero attached hydrogens (tertiary/aromatic N) is 1. The first-order valence-corrected chi connectivity index (χ1v) is 5.51. The van der Waals surface area contributed by atoms with Crippen LogP contribution in [0.4, 0.5) is 5.69 Å². The minimum Gasteiger partial charge on any atom is -0.462 e. The zero-order valence-corrected chi connectivity index (χ0v) is 9.92. The summed E-state index contributed by atoms with van der Waals surface area (Å²) in [5, 5.41) is 10.6. The van der Waals surface area contributed by atoms with Gasteiger partial charge in [-0.15, -0.1) is 0 Å². The van der Waals surface area contributed by atoms with Gasteiger partial charge < -0.3 is 4.74 Å². The van der Waals surface area contributed by atoms with E-state index >= 15 is 0 Å². The molecule has 0 aromatic heterocycles. The highest BCUT2D eigenvalue weighted by Gasteiger charge is 2.16. The maximum Gasteiger partial charge on any atom is 0.338 e. The summed E-state index contributed by atoms with van der Waals surface area (Å²) in [6.07, 6.45) is 1.99. The molecular formula is C12H13NO5. The smallest absolute Gasteiger partial charge is 0.338 e. The van der Waals surface area contributed by atoms with Crippen molar-refractivity contribution in [3.63, 3.8) is 0 Å². The van der Waals surface area contributed by atoms with Gasteiger partial charge in [0.1, 0.15) is 0 Å². The van der Waals surface area contributed by atoms with Gasteiger partial charge >= 0.3 is 5.97 Å². The summed E-state index contributed by atoms with van der Waals surface area (Å²) in [5.74, 6) is -0.582. The molecule has 96 valence electrons. The van der Waals surface area contributed by atoms with Gasteiger partial charge in [-0.1, -0.05) is 13.3 Å². The third kappa shape index (κ3) is 3.38. The van der Waals surface area contributed by atoms with Crippen molar-refractivity contribution in [3.8, 4) is 0 Å². The number of carbonyl (C=O) groups excluding carboxylic acids is 2. The average Bonchev–Trinajstić information content (AvgIpc) is 2.37. The maximum atomic E-state index is 11.6. The van der Waals surface area contributed by atoms with E-state index in [2.05, 4.69) is 0 Å². The van der Waals surface area contributed by atoms with Crippen molar-refractivity contribution in [1.82, 2.24) is 0 Å². The summed E-state index contributed by atoms with van der Waals surface area (Å²) >= 11 is 0. The number of rotatable bonds is 6. The number of unbranched alkanes of at least 4 members (excludes halogenated alkanes) is 1. The zero-order valence-electron chi connectivity index (χ0n) is 9.92. The van der Waals surface area contributed by atoms with Gasteiger partial charge in [0.15, 0.2) is 6.29 Å². The number of benzene rings is 1. The largest absolute Gasteiger partial charge is 0.462 e. The maximum absolute atomic E-state index is 11.6. The molecule has 0 radical (unpaired) electrons. The van der Waals surface area contributed by atoms with Crippen LogP contribution >= 0.6 is 0 Å². The second kappa shape index (κ2) is 6.48. The lowest BCUT2D eigenvalue weighted by Crippen LogP contribution is -2.07. The van der Waals surface area contributed by atoms with Crippen LogP contribution in [0.2, 0.25) is 0 Å². The van der Waals surface area contributed by atoms with Gasteiger partial charge in [0.2, 0.25) is 0 Å². The van der Waals surface area contributed by atoms with Gasteiger partial charge in [-0.3, -0.25) is 14.9 Å². The summed E-state index contributed by atoms with van der Waals surface area (Å²) in [7, 11) is 0. The van der Waals surface area contributed by atoms with Crippen molar-refractivity contribution < 1.29 is 19.2 Å². The van der Waals surface area contributed by atoms with E-state index < -0.39 is 10.9 Å². The molecule has 0 aliphatic rings. The van der Waals surface area contributed by atoms with E-state index in [0.717, 1.165) is 18.9 Å². The standard InChI is InChI=1S/C12H13NO5/c1-2-3-6-18-12(15)9-4-5-11(13(16)17)10(7-9)8-14/h4-5,7-8H,2-3,6H2,1H3. The van der Waals surface area contributed by atoms with Gasteiger partial charge in [-0.2, -0.15) is 0 Å². The first-order valence-electron chi connectivity index (χ1n) is 5.51. The molecule has 0 bridgehead atoms. The first-order chi connectivity index (χ1) is 8.60. The average molecular weight is 251 g/mol. The molecule has 6 heteroatoms. The molecule has 18 heavy (non-hydrogen) atoms. The van der Waals surface area contributed by atoms with Gasteiger partial charge in [0.25, 0.3) is 5.69 Å². The Bertz CT molecular complexity index is 470. The third-order valence-electron chi connectivity index (χ3n) is 2.32. The summed E-state index contributed by atoms with van der Waals surface area (Å²) in [4.78, 5) is 32.2. The molecule has 0 spiro atoms. The van der Waals surface area contributed by atoms with E-state index in [1.807, 2.05) is 6.92 Å². The van der Waals surface area contributed by atoms with E-state index in [1.165, 1.54) is 12.1 Å². The van der Waals surface area contributed by atoms with Crippen molar-refractivity contribution in [2.75, 3.05) is 6.61 Å². The molecule has 0 aliphatic carbocycles. The Kier molecular flexibility index (Phi) is 4.98. The van der Waals surface area contributed by atoms with Crippen LogP contribution in [-0.4, -0.2) is 23.8 Å². The molecule has 1 rings (SSSR count). The zero-order chi connectivity index (χ0) is 13.5. The molecule has 0 N–H and O–H groups in total. The van der Waals surface area contributed by atoms with Crippen molar-refractivity contribution >= 4 is 17.9 Å². The van der Waals surface area contributed by atoms with E-state index in [-0.39, 0.29) is 16.8 Å². The number of ether oxygens (including phenoxy) is 1. The normalized spacial score (nSPS) is 9.83. The predicted molar refractivity (Wildman–Crippen MR) is 63.7 cm³/mol. The lowest BCUT2D eigenvalue weighted by molar-refractivity contribution is -0.385. The lowest BCUT2D eigenvalue weighted by Gasteiger charge is -2.04. The number of nitro benzene ring substituents is 1. The van der Waals surface area contributed by atoms with Crippen molar-refractivity contribution in [2.24, 2.45) is 0 Å². The molecular weight excluding hydrogens is 238 g/mol. The highest BCUT2D eigenvalue weighted by Crippen LogP contribution is 2.18. The minimum absolute atomic E-state index is 0.134. The Hall–Kier alpha value is -2.24. The first kappa shape index (κ1) is 13.8. The van der Waals surface area contributed by atoms with Crippen molar-refractivity contribution in [2.45, 2.75) is 19.8 Å². The van der Waals surface area contributed by atoms with Crippen molar-refractivity contribution in [3.05, 3.63) is 39.4 Å². The van der Waals surface area contributed by atoms with Gasteiger partial charge in [0, 0.05) is 6.07 Å². The highest BCUT2D eigenvalue weighted by atomic mass is 16.6. The minimum atomic E-state index is -0.671. The molecule has 0 aliphatic heterocycles. The molecule has 1 aromatic carbocycles. The van der Waals surface area contributed by atoms with Crippen LogP contribution in [0.15, 0.2) is 18.2 Å². The molecule has 0 heterocycles. The molecule has 0 fully saturated rings. The van der Waals surface area contributed by atoms with Crippen LogP contribution < -0.4 is 0 Å². The van der Waals surface area contributed by atoms with Crippen molar-refractivity contribution in [1.29, 1.82) is 0 Å². The van der Waals surface area contributed by atoms with Gasteiger partial charge in [-0.05, 0) is 18.6 Å². The monoisotopic (exact) mass is 251 g/mol. The lowest BCUT2D eigenvalue weighted by atomic mass is 10.1. The number of hydrogen-bond donors (Lipinski definition) is 0. The Morgan fingerprint density at radius 2 is 2.22 bits per heavy atom. The molecule has 0 unspecified atom stereocenters. The second-order valence-electron chi connectivity index (χ2n) is 3.64. The van der Waals surface area contributed by atoms with Crippen LogP contribution in [0.25, 0.3) is 0 Å². The summed E-state index contributed by atoms with van der Waals surface area (Å²) < 4.78 is 4.94. The predicted octanol–water partition coefficient (Wildman–Crippen LogP) is 2.36. The summed E-state index contributed by atoms with van der Waals surface area (Å²) in [6.45, 7) is 2.26. The van der Waals surface area contributed by atoms with Crippen LogP contribution in [-0.2, 0) is 4.74 Å². The molecule has 0 saturated carbocycles. The topological polar surface area (TPSA) is 86.5 Å². The molecule has 6 nitrogen and oxygen atoms in total. The number of aldehydes is 1. The molecule has 0 amide bonds. The molecule has 1 aromatic rings. The van der Waals surface area contributed by atoms with Crippen LogP contribution in [0, 0.1) is 10.1 Å². The fraction of sp³-hybridized carbons (Fsp3) is 0.333. The van der Waals surface area contributed by atoms with Crippen LogP contribution in [0.1, 0.15) is 40.5 Å². The summed E-state index contributed by atoms with van der Waals surface area (Å²) in [6, 6.07) is 3.57. The number of esters is 1. The molecule has 0 saturated heterocycles. The Morgan fingerprint density at radius 1 is 1.50 bits per heavy atom. The Balaban J connectivity index is 2.88. The van der Waals surface area contributed by atoms with Gasteiger partial charge in [-0.25, -0.2) is 4.79 Å². The number of carbonyl (C=O) groups is 2. The van der Waals surface area contributed by atoms with Crippen LogP contribution in [0.3, 0.4) is 0 Å². The quantitative estimate of drug-likeness (QED) is 0.254. The van der Waals surface area contributed by atoms with E-state index in [9.17, 15) is 19.7 Å².